The lowest BCUT2D eigenvalue weighted by Crippen LogP contribution is -2.25. The van der Waals surface area contributed by atoms with Gasteiger partial charge in [-0.15, -0.1) is 0 Å². The van der Waals surface area contributed by atoms with E-state index in [9.17, 15) is 13.2 Å². The van der Waals surface area contributed by atoms with Crippen LogP contribution in [0.2, 0.25) is 0 Å². The predicted molar refractivity (Wildman–Crippen MR) is 93.5 cm³/mol. The molecule has 7 heteroatoms. The van der Waals surface area contributed by atoms with Crippen LogP contribution in [0.5, 0.6) is 0 Å². The van der Waals surface area contributed by atoms with Crippen LogP contribution in [0.15, 0.2) is 41.3 Å². The molecule has 0 spiro atoms. The van der Waals surface area contributed by atoms with Gasteiger partial charge in [0.05, 0.1) is 17.6 Å². The maximum absolute atomic E-state index is 12.7. The summed E-state index contributed by atoms with van der Waals surface area (Å²) in [4.78, 5) is 11.8. The molecule has 2 aromatic rings. The summed E-state index contributed by atoms with van der Waals surface area (Å²) in [6.45, 7) is 3.58. The third kappa shape index (κ3) is 3.73. The van der Waals surface area contributed by atoms with E-state index in [4.69, 9.17) is 4.74 Å². The normalized spacial score (nSPS) is 13.5. The molecular weight excluding hydrogens is 340 g/mol. The number of esters is 1. The molecule has 2 N–H and O–H groups in total. The van der Waals surface area contributed by atoms with Crippen LogP contribution >= 0.6 is 0 Å². The number of methoxy groups -OCH3 is 1. The molecule has 1 aliphatic rings. The predicted octanol–water partition coefficient (Wildman–Crippen LogP) is 1.86. The Morgan fingerprint density at radius 3 is 2.68 bits per heavy atom. The molecule has 0 aromatic heterocycles. The molecule has 132 valence electrons. The molecule has 1 aliphatic heterocycles. The first-order chi connectivity index (χ1) is 11.9. The van der Waals surface area contributed by atoms with Gasteiger partial charge < -0.3 is 10.1 Å². The van der Waals surface area contributed by atoms with Crippen molar-refractivity contribution in [2.45, 2.75) is 31.5 Å². The van der Waals surface area contributed by atoms with Crippen molar-refractivity contribution in [2.24, 2.45) is 0 Å². The minimum absolute atomic E-state index is 0.0353. The molecule has 0 atom stereocenters. The lowest BCUT2D eigenvalue weighted by molar-refractivity contribution is 0.0596. The first-order valence-corrected chi connectivity index (χ1v) is 9.39. The minimum atomic E-state index is -3.84. The van der Waals surface area contributed by atoms with Gasteiger partial charge in [0, 0.05) is 19.6 Å². The zero-order chi connectivity index (χ0) is 18.0. The summed E-state index contributed by atoms with van der Waals surface area (Å²) in [6.07, 6.45) is 0. The zero-order valence-electron chi connectivity index (χ0n) is 14.1. The van der Waals surface area contributed by atoms with Gasteiger partial charge in [-0.05, 0) is 35.7 Å². The average molecular weight is 360 g/mol. The number of carbonyl (C=O) groups is 1. The lowest BCUT2D eigenvalue weighted by Gasteiger charge is -2.12. The maximum atomic E-state index is 12.7. The number of hydrogen-bond donors (Lipinski definition) is 2. The molecule has 0 fully saturated rings. The molecule has 0 saturated carbocycles. The van der Waals surface area contributed by atoms with E-state index in [-0.39, 0.29) is 17.0 Å². The monoisotopic (exact) mass is 360 g/mol. The fraction of sp³-hybridized carbons (Fsp3) is 0.278. The highest BCUT2D eigenvalue weighted by atomic mass is 32.2. The number of fused-ring (bicyclic) bond motifs is 1. The number of benzene rings is 2. The first kappa shape index (κ1) is 17.6. The summed E-state index contributed by atoms with van der Waals surface area (Å²) in [7, 11) is -2.61. The molecule has 0 aliphatic carbocycles. The summed E-state index contributed by atoms with van der Waals surface area (Å²) in [5.74, 6) is -0.673. The quantitative estimate of drug-likeness (QED) is 0.795. The fourth-order valence-electron chi connectivity index (χ4n) is 2.86. The number of hydrogen-bond acceptors (Lipinski definition) is 5. The van der Waals surface area contributed by atoms with E-state index in [0.29, 0.717) is 0 Å². The van der Waals surface area contributed by atoms with Crippen molar-refractivity contribution in [2.75, 3.05) is 7.11 Å². The van der Waals surface area contributed by atoms with Crippen LogP contribution in [0.1, 0.15) is 32.6 Å². The summed E-state index contributed by atoms with van der Waals surface area (Å²) < 4.78 is 32.6. The van der Waals surface area contributed by atoms with Gasteiger partial charge in [-0.2, -0.15) is 0 Å². The number of rotatable bonds is 5. The zero-order valence-corrected chi connectivity index (χ0v) is 14.9. The number of carbonyl (C=O) groups excluding carboxylic acids is 1. The Morgan fingerprint density at radius 1 is 1.16 bits per heavy atom. The first-order valence-electron chi connectivity index (χ1n) is 7.91. The second-order valence-corrected chi connectivity index (χ2v) is 7.76. The Morgan fingerprint density at radius 2 is 1.92 bits per heavy atom. The van der Waals surface area contributed by atoms with Crippen LogP contribution in [0, 0.1) is 6.92 Å². The van der Waals surface area contributed by atoms with Gasteiger partial charge in [0.1, 0.15) is 0 Å². The molecule has 25 heavy (non-hydrogen) atoms. The number of nitrogens with one attached hydrogen (secondary N) is 2. The third-order valence-electron chi connectivity index (χ3n) is 4.20. The lowest BCUT2D eigenvalue weighted by atomic mass is 10.1. The van der Waals surface area contributed by atoms with Gasteiger partial charge in [-0.1, -0.05) is 29.8 Å². The fourth-order valence-corrected chi connectivity index (χ4v) is 4.05. The third-order valence-corrected chi connectivity index (χ3v) is 5.66. The molecule has 0 amide bonds. The van der Waals surface area contributed by atoms with Crippen LogP contribution in [-0.4, -0.2) is 21.5 Å². The van der Waals surface area contributed by atoms with Crippen molar-refractivity contribution in [3.8, 4) is 0 Å². The van der Waals surface area contributed by atoms with Gasteiger partial charge in [-0.3, -0.25) is 0 Å². The molecule has 0 bridgehead atoms. The molecule has 0 unspecified atom stereocenters. The SMILES string of the molecule is COC(=O)c1cc(C)ccc1S(=O)(=O)NCc1ccc2c(c1)CNC2. The Hall–Kier alpha value is -2.22. The summed E-state index contributed by atoms with van der Waals surface area (Å²) in [5.41, 5.74) is 4.11. The van der Waals surface area contributed by atoms with Crippen LogP contribution in [0.4, 0.5) is 0 Å². The van der Waals surface area contributed by atoms with Crippen molar-refractivity contribution >= 4 is 16.0 Å². The second-order valence-electron chi connectivity index (χ2n) is 6.02. The van der Waals surface area contributed by atoms with E-state index in [1.165, 1.54) is 30.4 Å². The molecule has 0 saturated heterocycles. The number of ether oxygens (including phenoxy) is 1. The standard InChI is InChI=1S/C18H20N2O4S/c1-12-3-6-17(16(7-12)18(21)24-2)25(22,23)20-9-13-4-5-14-10-19-11-15(14)8-13/h3-8,19-20H,9-11H2,1-2H3. The van der Waals surface area contributed by atoms with Crippen molar-refractivity contribution in [3.63, 3.8) is 0 Å². The van der Waals surface area contributed by atoms with Gasteiger partial charge in [0.25, 0.3) is 0 Å². The molecule has 1 heterocycles. The van der Waals surface area contributed by atoms with Crippen LogP contribution in [0.3, 0.4) is 0 Å². The summed E-state index contributed by atoms with van der Waals surface area (Å²) in [6, 6.07) is 10.5. The van der Waals surface area contributed by atoms with Crippen molar-refractivity contribution in [3.05, 3.63) is 64.2 Å². The maximum Gasteiger partial charge on any atom is 0.339 e. The highest BCUT2D eigenvalue weighted by Gasteiger charge is 2.23. The van der Waals surface area contributed by atoms with Gasteiger partial charge >= 0.3 is 5.97 Å². The molecule has 2 aromatic carbocycles. The Bertz CT molecular complexity index is 923. The smallest absolute Gasteiger partial charge is 0.339 e. The van der Waals surface area contributed by atoms with Crippen LogP contribution in [0.25, 0.3) is 0 Å². The van der Waals surface area contributed by atoms with Gasteiger partial charge in [0.15, 0.2) is 0 Å². The van der Waals surface area contributed by atoms with E-state index >= 15 is 0 Å². The largest absolute Gasteiger partial charge is 0.465 e. The van der Waals surface area contributed by atoms with Crippen LogP contribution in [-0.2, 0) is 34.4 Å². The molecule has 3 rings (SSSR count). The Kier molecular flexibility index (Phi) is 4.89. The average Bonchev–Trinajstić information content (AvgIpc) is 3.06. The highest BCUT2D eigenvalue weighted by molar-refractivity contribution is 7.89. The Balaban J connectivity index is 1.84. The summed E-state index contributed by atoms with van der Waals surface area (Å²) in [5, 5.41) is 3.25. The van der Waals surface area contributed by atoms with E-state index in [2.05, 4.69) is 10.0 Å². The van der Waals surface area contributed by atoms with Crippen molar-refractivity contribution in [1.82, 2.24) is 10.0 Å². The number of sulfonamides is 1. The summed E-state index contributed by atoms with van der Waals surface area (Å²) >= 11 is 0. The van der Waals surface area contributed by atoms with Gasteiger partial charge in [-0.25, -0.2) is 17.9 Å². The molecule has 6 nitrogen and oxygen atoms in total. The number of aryl methyl sites for hydroxylation is 1. The van der Waals surface area contributed by atoms with E-state index < -0.39 is 16.0 Å². The van der Waals surface area contributed by atoms with Gasteiger partial charge in [0.2, 0.25) is 10.0 Å². The van der Waals surface area contributed by atoms with Crippen molar-refractivity contribution < 1.29 is 17.9 Å². The van der Waals surface area contributed by atoms with E-state index in [1.807, 2.05) is 18.2 Å². The van der Waals surface area contributed by atoms with E-state index in [1.54, 1.807) is 13.0 Å². The second kappa shape index (κ2) is 6.95. The minimum Gasteiger partial charge on any atom is -0.465 e. The molecular formula is C18H20N2O4S. The topological polar surface area (TPSA) is 84.5 Å². The highest BCUT2D eigenvalue weighted by Crippen LogP contribution is 2.20. The van der Waals surface area contributed by atoms with Crippen molar-refractivity contribution in [1.29, 1.82) is 0 Å². The Labute approximate surface area is 147 Å². The van der Waals surface area contributed by atoms with E-state index in [0.717, 1.165) is 24.2 Å². The molecule has 0 radical (unpaired) electrons. The van der Waals surface area contributed by atoms with Crippen LogP contribution < -0.4 is 10.0 Å².